The van der Waals surface area contributed by atoms with Crippen molar-refractivity contribution in [2.24, 2.45) is 0 Å². The van der Waals surface area contributed by atoms with E-state index in [1.807, 2.05) is 4.90 Å². The maximum atomic E-state index is 12.4. The second-order valence-corrected chi connectivity index (χ2v) is 9.00. The van der Waals surface area contributed by atoms with E-state index in [1.54, 1.807) is 0 Å². The molecule has 3 saturated heterocycles. The summed E-state index contributed by atoms with van der Waals surface area (Å²) in [6.07, 6.45) is 3.95. The van der Waals surface area contributed by atoms with Crippen molar-refractivity contribution in [3.8, 4) is 0 Å². The minimum absolute atomic E-state index is 0.104. The Kier molecular flexibility index (Phi) is 6.14. The third-order valence-electron chi connectivity index (χ3n) is 6.48. The summed E-state index contributed by atoms with van der Waals surface area (Å²) in [7, 11) is 0. The van der Waals surface area contributed by atoms with E-state index in [9.17, 15) is 4.79 Å². The number of morpholine rings is 1. The minimum Gasteiger partial charge on any atom is -0.441 e. The molecule has 1 atom stereocenters. The number of carbonyl (C=O) groups is 1. The summed E-state index contributed by atoms with van der Waals surface area (Å²) in [5.41, 5.74) is -0.0962. The molecule has 0 aromatic carbocycles. The zero-order valence-electron chi connectivity index (χ0n) is 17.1. The van der Waals surface area contributed by atoms with Crippen molar-refractivity contribution >= 4 is 6.09 Å². The number of rotatable bonds is 6. The molecular weight excluding hydrogens is 330 g/mol. The molecule has 0 N–H and O–H groups in total. The average Bonchev–Trinajstić information content (AvgIpc) is 2.94. The highest BCUT2D eigenvalue weighted by Gasteiger charge is 2.48. The van der Waals surface area contributed by atoms with Crippen LogP contribution in [0.1, 0.15) is 53.4 Å². The van der Waals surface area contributed by atoms with Crippen molar-refractivity contribution in [1.82, 2.24) is 14.7 Å². The van der Waals surface area contributed by atoms with Crippen molar-refractivity contribution in [2.45, 2.75) is 70.6 Å². The molecule has 0 unspecified atom stereocenters. The third kappa shape index (κ3) is 4.34. The summed E-state index contributed by atoms with van der Waals surface area (Å²) in [6.45, 7) is 16.6. The van der Waals surface area contributed by atoms with Gasteiger partial charge in [0.1, 0.15) is 5.60 Å². The van der Waals surface area contributed by atoms with Gasteiger partial charge in [-0.2, -0.15) is 0 Å². The van der Waals surface area contributed by atoms with Crippen LogP contribution >= 0.6 is 0 Å². The Balaban J connectivity index is 1.52. The van der Waals surface area contributed by atoms with Crippen molar-refractivity contribution in [3.63, 3.8) is 0 Å². The molecule has 0 aromatic heterocycles. The largest absolute Gasteiger partial charge is 0.441 e. The van der Waals surface area contributed by atoms with E-state index in [1.165, 1.54) is 0 Å². The summed E-state index contributed by atoms with van der Waals surface area (Å²) in [5, 5.41) is 0. The van der Waals surface area contributed by atoms with Gasteiger partial charge in [-0.05, 0) is 27.2 Å². The molecule has 3 heterocycles. The van der Waals surface area contributed by atoms with Gasteiger partial charge < -0.3 is 19.3 Å². The molecule has 0 aliphatic carbocycles. The van der Waals surface area contributed by atoms with E-state index in [2.05, 4.69) is 37.5 Å². The first-order valence-corrected chi connectivity index (χ1v) is 10.4. The van der Waals surface area contributed by atoms with Crippen molar-refractivity contribution in [1.29, 1.82) is 0 Å². The Morgan fingerprint density at radius 2 is 1.81 bits per heavy atom. The monoisotopic (exact) mass is 367 g/mol. The number of likely N-dealkylation sites (tertiary alicyclic amines) is 1. The SMILES string of the molecule is CCC[C@H](C)N1CC2(CCN(CC(C)(C)N3CCOCC3)CC2)OC1=O. The van der Waals surface area contributed by atoms with Gasteiger partial charge in [0, 0.05) is 57.1 Å². The first kappa shape index (κ1) is 19.9. The van der Waals surface area contributed by atoms with E-state index in [0.717, 1.165) is 78.2 Å². The highest BCUT2D eigenvalue weighted by Crippen LogP contribution is 2.35. The summed E-state index contributed by atoms with van der Waals surface area (Å²) in [4.78, 5) is 19.4. The highest BCUT2D eigenvalue weighted by molar-refractivity contribution is 5.71. The van der Waals surface area contributed by atoms with Crippen LogP contribution in [0.3, 0.4) is 0 Å². The van der Waals surface area contributed by atoms with Gasteiger partial charge in [0.15, 0.2) is 0 Å². The standard InChI is InChI=1S/C20H37N3O3/c1-5-6-17(2)23-16-20(26-18(23)24)7-9-21(10-8-20)15-19(3,4)22-11-13-25-14-12-22/h17H,5-16H2,1-4H3/t17-/m0/s1. The molecule has 0 saturated carbocycles. The van der Waals surface area contributed by atoms with Crippen LogP contribution in [0, 0.1) is 0 Å². The zero-order valence-corrected chi connectivity index (χ0v) is 17.1. The maximum absolute atomic E-state index is 12.4. The number of hydrogen-bond acceptors (Lipinski definition) is 5. The predicted molar refractivity (Wildman–Crippen MR) is 102 cm³/mol. The van der Waals surface area contributed by atoms with Crippen LogP contribution in [-0.2, 0) is 9.47 Å². The summed E-state index contributed by atoms with van der Waals surface area (Å²) in [5.74, 6) is 0. The topological polar surface area (TPSA) is 45.2 Å². The minimum atomic E-state index is -0.251. The number of ether oxygens (including phenoxy) is 2. The van der Waals surface area contributed by atoms with Crippen LogP contribution in [0.2, 0.25) is 0 Å². The Labute approximate surface area is 158 Å². The smallest absolute Gasteiger partial charge is 0.410 e. The van der Waals surface area contributed by atoms with Gasteiger partial charge in [-0.1, -0.05) is 13.3 Å². The van der Waals surface area contributed by atoms with E-state index < -0.39 is 0 Å². The number of carbonyl (C=O) groups excluding carboxylic acids is 1. The van der Waals surface area contributed by atoms with Gasteiger partial charge in [-0.15, -0.1) is 0 Å². The lowest BCUT2D eigenvalue weighted by Crippen LogP contribution is -2.57. The fourth-order valence-corrected chi connectivity index (χ4v) is 4.76. The second-order valence-electron chi connectivity index (χ2n) is 9.00. The molecule has 3 fully saturated rings. The first-order chi connectivity index (χ1) is 12.4. The van der Waals surface area contributed by atoms with Crippen LogP contribution in [0.4, 0.5) is 4.79 Å². The Hall–Kier alpha value is -0.850. The molecule has 0 aromatic rings. The summed E-state index contributed by atoms with van der Waals surface area (Å²) >= 11 is 0. The summed E-state index contributed by atoms with van der Waals surface area (Å²) in [6, 6.07) is 0.283. The van der Waals surface area contributed by atoms with E-state index in [0.29, 0.717) is 0 Å². The van der Waals surface area contributed by atoms with Crippen LogP contribution in [0.25, 0.3) is 0 Å². The molecule has 3 aliphatic rings. The fourth-order valence-electron chi connectivity index (χ4n) is 4.76. The van der Waals surface area contributed by atoms with Gasteiger partial charge in [-0.25, -0.2) is 4.79 Å². The van der Waals surface area contributed by atoms with Crippen molar-refractivity contribution in [3.05, 3.63) is 0 Å². The van der Waals surface area contributed by atoms with Crippen molar-refractivity contribution in [2.75, 3.05) is 52.5 Å². The number of nitrogens with zero attached hydrogens (tertiary/aromatic N) is 3. The molecule has 6 nitrogen and oxygen atoms in total. The molecule has 1 spiro atoms. The highest BCUT2D eigenvalue weighted by atomic mass is 16.6. The third-order valence-corrected chi connectivity index (χ3v) is 6.48. The van der Waals surface area contributed by atoms with Crippen LogP contribution < -0.4 is 0 Å². The molecule has 150 valence electrons. The van der Waals surface area contributed by atoms with Gasteiger partial charge in [0.2, 0.25) is 0 Å². The summed E-state index contributed by atoms with van der Waals surface area (Å²) < 4.78 is 11.4. The van der Waals surface area contributed by atoms with Crippen LogP contribution in [0.15, 0.2) is 0 Å². The Morgan fingerprint density at radius 3 is 2.42 bits per heavy atom. The first-order valence-electron chi connectivity index (χ1n) is 10.4. The molecule has 0 radical (unpaired) electrons. The molecular formula is C20H37N3O3. The molecule has 0 bridgehead atoms. The lowest BCUT2D eigenvalue weighted by molar-refractivity contribution is -0.0399. The van der Waals surface area contributed by atoms with E-state index in [-0.39, 0.29) is 23.3 Å². The lowest BCUT2D eigenvalue weighted by Gasteiger charge is -2.46. The molecule has 26 heavy (non-hydrogen) atoms. The van der Waals surface area contributed by atoms with Crippen LogP contribution in [-0.4, -0.2) is 90.5 Å². The van der Waals surface area contributed by atoms with Gasteiger partial charge in [-0.3, -0.25) is 4.90 Å². The fraction of sp³-hybridized carbons (Fsp3) is 0.950. The zero-order chi connectivity index (χ0) is 18.8. The molecule has 1 amide bonds. The maximum Gasteiger partial charge on any atom is 0.410 e. The molecule has 3 rings (SSSR count). The van der Waals surface area contributed by atoms with Gasteiger partial charge in [0.25, 0.3) is 0 Å². The van der Waals surface area contributed by atoms with Crippen molar-refractivity contribution < 1.29 is 14.3 Å². The van der Waals surface area contributed by atoms with E-state index >= 15 is 0 Å². The normalized spacial score (nSPS) is 26.3. The second kappa shape index (κ2) is 8.03. The average molecular weight is 368 g/mol. The lowest BCUT2D eigenvalue weighted by atomic mass is 9.89. The Bertz CT molecular complexity index is 483. The molecule has 3 aliphatic heterocycles. The predicted octanol–water partition coefficient (Wildman–Crippen LogP) is 2.57. The number of hydrogen-bond donors (Lipinski definition) is 0. The van der Waals surface area contributed by atoms with Gasteiger partial charge >= 0.3 is 6.09 Å². The molecule has 6 heteroatoms. The van der Waals surface area contributed by atoms with Crippen LogP contribution in [0.5, 0.6) is 0 Å². The number of amides is 1. The number of piperidine rings is 1. The van der Waals surface area contributed by atoms with Gasteiger partial charge in [0.05, 0.1) is 19.8 Å². The quantitative estimate of drug-likeness (QED) is 0.722. The Morgan fingerprint density at radius 1 is 1.15 bits per heavy atom. The van der Waals surface area contributed by atoms with E-state index in [4.69, 9.17) is 9.47 Å².